The molecule has 1 amide bonds. The van der Waals surface area contributed by atoms with Crippen LogP contribution in [0.4, 0.5) is 11.5 Å². The molecular formula is C13H20N4O2. The zero-order valence-electron chi connectivity index (χ0n) is 11.3. The van der Waals surface area contributed by atoms with Gasteiger partial charge in [-0.05, 0) is 26.0 Å². The van der Waals surface area contributed by atoms with Crippen molar-refractivity contribution >= 4 is 17.4 Å². The van der Waals surface area contributed by atoms with Crippen LogP contribution in [-0.4, -0.2) is 42.7 Å². The molecule has 19 heavy (non-hydrogen) atoms. The normalized spacial score (nSPS) is 19.5. The summed E-state index contributed by atoms with van der Waals surface area (Å²) in [6.45, 7) is 5.50. The van der Waals surface area contributed by atoms with Gasteiger partial charge in [-0.15, -0.1) is 0 Å². The summed E-state index contributed by atoms with van der Waals surface area (Å²) in [5.41, 5.74) is 6.24. The lowest BCUT2D eigenvalue weighted by molar-refractivity contribution is -0.125. The van der Waals surface area contributed by atoms with Gasteiger partial charge in [0.1, 0.15) is 11.9 Å². The van der Waals surface area contributed by atoms with E-state index in [-0.39, 0.29) is 18.0 Å². The third-order valence-corrected chi connectivity index (χ3v) is 2.93. The van der Waals surface area contributed by atoms with E-state index in [1.165, 1.54) is 0 Å². The fourth-order valence-corrected chi connectivity index (χ4v) is 2.04. The molecule has 2 heterocycles. The average molecular weight is 264 g/mol. The maximum atomic E-state index is 12.2. The van der Waals surface area contributed by atoms with Gasteiger partial charge in [0.15, 0.2) is 0 Å². The highest BCUT2D eigenvalue weighted by atomic mass is 16.5. The van der Waals surface area contributed by atoms with Gasteiger partial charge in [0.25, 0.3) is 0 Å². The highest BCUT2D eigenvalue weighted by Gasteiger charge is 2.30. The predicted molar refractivity (Wildman–Crippen MR) is 73.9 cm³/mol. The SMILES string of the molecule is CC(C)NC(=O)C1COCCN1c1ccc(N)cn1. The number of carbonyl (C=O) groups is 1. The van der Waals surface area contributed by atoms with E-state index in [2.05, 4.69) is 10.3 Å². The Kier molecular flexibility index (Phi) is 4.21. The number of anilines is 2. The maximum Gasteiger partial charge on any atom is 0.245 e. The van der Waals surface area contributed by atoms with Crippen molar-refractivity contribution in [3.8, 4) is 0 Å². The van der Waals surface area contributed by atoms with Gasteiger partial charge in [0, 0.05) is 12.6 Å². The van der Waals surface area contributed by atoms with E-state index in [1.54, 1.807) is 12.3 Å². The van der Waals surface area contributed by atoms with Crippen molar-refractivity contribution in [3.05, 3.63) is 18.3 Å². The quantitative estimate of drug-likeness (QED) is 0.825. The number of hydrogen-bond donors (Lipinski definition) is 2. The molecule has 0 radical (unpaired) electrons. The molecule has 1 unspecified atom stereocenters. The summed E-state index contributed by atoms with van der Waals surface area (Å²) in [6.07, 6.45) is 1.60. The van der Waals surface area contributed by atoms with Crippen LogP contribution in [-0.2, 0) is 9.53 Å². The lowest BCUT2D eigenvalue weighted by atomic mass is 10.2. The lowest BCUT2D eigenvalue weighted by Crippen LogP contribution is -2.55. The van der Waals surface area contributed by atoms with Gasteiger partial charge in [0.05, 0.1) is 25.1 Å². The molecule has 1 atom stereocenters. The largest absolute Gasteiger partial charge is 0.397 e. The minimum Gasteiger partial charge on any atom is -0.397 e. The first-order chi connectivity index (χ1) is 9.08. The summed E-state index contributed by atoms with van der Waals surface area (Å²) < 4.78 is 5.41. The molecule has 1 aliphatic rings. The van der Waals surface area contributed by atoms with Crippen LogP contribution in [0, 0.1) is 0 Å². The smallest absolute Gasteiger partial charge is 0.245 e. The molecule has 1 fully saturated rings. The second-order valence-corrected chi connectivity index (χ2v) is 4.90. The number of nitrogens with zero attached hydrogens (tertiary/aromatic N) is 2. The second-order valence-electron chi connectivity index (χ2n) is 4.90. The number of aromatic nitrogens is 1. The van der Waals surface area contributed by atoms with Crippen LogP contribution in [0.2, 0.25) is 0 Å². The van der Waals surface area contributed by atoms with Crippen LogP contribution >= 0.6 is 0 Å². The van der Waals surface area contributed by atoms with Crippen LogP contribution in [0.5, 0.6) is 0 Å². The monoisotopic (exact) mass is 264 g/mol. The Morgan fingerprint density at radius 1 is 1.58 bits per heavy atom. The molecule has 1 aromatic rings. The molecule has 6 nitrogen and oxygen atoms in total. The van der Waals surface area contributed by atoms with Gasteiger partial charge >= 0.3 is 0 Å². The van der Waals surface area contributed by atoms with Gasteiger partial charge in [-0.2, -0.15) is 0 Å². The average Bonchev–Trinajstić information content (AvgIpc) is 2.39. The minimum atomic E-state index is -0.340. The van der Waals surface area contributed by atoms with Crippen LogP contribution in [0.25, 0.3) is 0 Å². The predicted octanol–water partition coefficient (Wildman–Crippen LogP) is 0.394. The Morgan fingerprint density at radius 2 is 2.37 bits per heavy atom. The van der Waals surface area contributed by atoms with Crippen LogP contribution in [0.1, 0.15) is 13.8 Å². The summed E-state index contributed by atoms with van der Waals surface area (Å²) in [5.74, 6) is 0.717. The number of amides is 1. The third-order valence-electron chi connectivity index (χ3n) is 2.93. The maximum absolute atomic E-state index is 12.2. The molecular weight excluding hydrogens is 244 g/mol. The number of nitrogens with two attached hydrogens (primary N) is 1. The van der Waals surface area contributed by atoms with Crippen molar-refractivity contribution in [1.82, 2.24) is 10.3 Å². The van der Waals surface area contributed by atoms with Gasteiger partial charge in [-0.1, -0.05) is 0 Å². The fourth-order valence-electron chi connectivity index (χ4n) is 2.04. The first kappa shape index (κ1) is 13.6. The van der Waals surface area contributed by atoms with Crippen molar-refractivity contribution in [2.24, 2.45) is 0 Å². The van der Waals surface area contributed by atoms with E-state index in [9.17, 15) is 4.79 Å². The van der Waals surface area contributed by atoms with Crippen molar-refractivity contribution in [3.63, 3.8) is 0 Å². The molecule has 2 rings (SSSR count). The molecule has 1 aliphatic heterocycles. The Hall–Kier alpha value is -1.82. The van der Waals surface area contributed by atoms with E-state index >= 15 is 0 Å². The Morgan fingerprint density at radius 3 is 3.00 bits per heavy atom. The van der Waals surface area contributed by atoms with E-state index < -0.39 is 0 Å². The fraction of sp³-hybridized carbons (Fsp3) is 0.538. The summed E-state index contributed by atoms with van der Waals surface area (Å²) in [5, 5.41) is 2.91. The second kappa shape index (κ2) is 5.88. The van der Waals surface area contributed by atoms with Crippen LogP contribution < -0.4 is 16.0 Å². The number of ether oxygens (including phenoxy) is 1. The number of nitrogen functional groups attached to an aromatic ring is 1. The van der Waals surface area contributed by atoms with E-state index in [4.69, 9.17) is 10.5 Å². The van der Waals surface area contributed by atoms with Crippen molar-refractivity contribution in [2.75, 3.05) is 30.4 Å². The summed E-state index contributed by atoms with van der Waals surface area (Å²) in [7, 11) is 0. The topological polar surface area (TPSA) is 80.5 Å². The van der Waals surface area contributed by atoms with Crippen molar-refractivity contribution in [2.45, 2.75) is 25.9 Å². The molecule has 104 valence electrons. The number of nitrogens with one attached hydrogen (secondary N) is 1. The van der Waals surface area contributed by atoms with E-state index in [0.717, 1.165) is 5.82 Å². The Bertz CT molecular complexity index is 433. The summed E-state index contributed by atoms with van der Waals surface area (Å²) >= 11 is 0. The number of pyridine rings is 1. The van der Waals surface area contributed by atoms with Gasteiger partial charge < -0.3 is 20.7 Å². The van der Waals surface area contributed by atoms with Gasteiger partial charge in [0.2, 0.25) is 5.91 Å². The minimum absolute atomic E-state index is 0.0340. The zero-order chi connectivity index (χ0) is 13.8. The van der Waals surface area contributed by atoms with Gasteiger partial charge in [-0.25, -0.2) is 4.98 Å². The van der Waals surface area contributed by atoms with E-state index in [0.29, 0.717) is 25.4 Å². The van der Waals surface area contributed by atoms with Gasteiger partial charge in [-0.3, -0.25) is 4.79 Å². The first-order valence-corrected chi connectivity index (χ1v) is 6.44. The van der Waals surface area contributed by atoms with Crippen LogP contribution in [0.3, 0.4) is 0 Å². The third kappa shape index (κ3) is 3.35. The number of morpholine rings is 1. The number of rotatable bonds is 3. The lowest BCUT2D eigenvalue weighted by Gasteiger charge is -2.35. The molecule has 1 saturated heterocycles. The number of hydrogen-bond acceptors (Lipinski definition) is 5. The molecule has 1 aromatic heterocycles. The van der Waals surface area contributed by atoms with Crippen LogP contribution in [0.15, 0.2) is 18.3 Å². The zero-order valence-corrected chi connectivity index (χ0v) is 11.3. The standard InChI is InChI=1S/C13H20N4O2/c1-9(2)16-13(18)11-8-19-6-5-17(11)12-4-3-10(14)7-15-12/h3-4,7,9,11H,5-6,8,14H2,1-2H3,(H,16,18). The Balaban J connectivity index is 2.15. The summed E-state index contributed by atoms with van der Waals surface area (Å²) in [4.78, 5) is 18.4. The number of carbonyl (C=O) groups excluding carboxylic acids is 1. The summed E-state index contributed by atoms with van der Waals surface area (Å²) in [6, 6.07) is 3.38. The molecule has 0 aliphatic carbocycles. The van der Waals surface area contributed by atoms with Crippen molar-refractivity contribution in [1.29, 1.82) is 0 Å². The Labute approximate surface area is 112 Å². The molecule has 6 heteroatoms. The van der Waals surface area contributed by atoms with Crippen molar-refractivity contribution < 1.29 is 9.53 Å². The van der Waals surface area contributed by atoms with E-state index in [1.807, 2.05) is 24.8 Å². The molecule has 3 N–H and O–H groups in total. The highest BCUT2D eigenvalue weighted by molar-refractivity contribution is 5.85. The molecule has 0 aromatic carbocycles. The molecule has 0 spiro atoms. The molecule has 0 bridgehead atoms. The first-order valence-electron chi connectivity index (χ1n) is 6.44. The molecule has 0 saturated carbocycles. The highest BCUT2D eigenvalue weighted by Crippen LogP contribution is 2.18.